The van der Waals surface area contributed by atoms with Crippen molar-refractivity contribution in [2.24, 2.45) is 0 Å². The fourth-order valence-electron chi connectivity index (χ4n) is 3.27. The summed E-state index contributed by atoms with van der Waals surface area (Å²) in [5, 5.41) is 3.77. The van der Waals surface area contributed by atoms with Crippen LogP contribution in [0.5, 0.6) is 0 Å². The Labute approximate surface area is 112 Å². The monoisotopic (exact) mass is 254 g/mol. The molecule has 0 aromatic carbocycles. The maximum atomic E-state index is 5.90. The Morgan fingerprint density at radius 2 is 2.06 bits per heavy atom. The molecule has 2 fully saturated rings. The van der Waals surface area contributed by atoms with Crippen LogP contribution in [-0.2, 0) is 4.74 Å². The molecule has 2 aliphatic heterocycles. The molecule has 18 heavy (non-hydrogen) atoms. The molecule has 2 atom stereocenters. The first-order chi connectivity index (χ1) is 8.69. The molecular weight excluding hydrogens is 224 g/mol. The van der Waals surface area contributed by atoms with Crippen molar-refractivity contribution in [1.29, 1.82) is 0 Å². The van der Waals surface area contributed by atoms with E-state index in [4.69, 9.17) is 4.74 Å². The minimum atomic E-state index is 0.335. The van der Waals surface area contributed by atoms with Crippen LogP contribution in [0.4, 0.5) is 0 Å². The van der Waals surface area contributed by atoms with Crippen LogP contribution in [0.25, 0.3) is 0 Å². The molecule has 2 rings (SSSR count). The lowest BCUT2D eigenvalue weighted by atomic mass is 9.88. The van der Waals surface area contributed by atoms with Crippen molar-refractivity contribution < 1.29 is 4.74 Å². The average molecular weight is 254 g/mol. The van der Waals surface area contributed by atoms with E-state index < -0.39 is 0 Å². The van der Waals surface area contributed by atoms with Crippen LogP contribution in [-0.4, -0.2) is 48.8 Å². The maximum absolute atomic E-state index is 5.90. The summed E-state index contributed by atoms with van der Waals surface area (Å²) in [7, 11) is 0. The summed E-state index contributed by atoms with van der Waals surface area (Å²) in [4.78, 5) is 2.65. The van der Waals surface area contributed by atoms with Crippen LogP contribution in [0.1, 0.15) is 52.9 Å². The summed E-state index contributed by atoms with van der Waals surface area (Å²) < 4.78 is 5.90. The number of nitrogens with zero attached hydrogens (tertiary/aromatic N) is 1. The predicted molar refractivity (Wildman–Crippen MR) is 75.9 cm³/mol. The number of ether oxygens (including phenoxy) is 1. The third kappa shape index (κ3) is 3.25. The van der Waals surface area contributed by atoms with Crippen LogP contribution >= 0.6 is 0 Å². The standard InChI is InChI=1S/C15H30N2O/c1-4-15(5-2)12-17(13(3)10-16-15)11-14-8-6-7-9-18-14/h13-14,16H,4-12H2,1-3H3. The molecule has 106 valence electrons. The van der Waals surface area contributed by atoms with E-state index in [1.54, 1.807) is 0 Å². The lowest BCUT2D eigenvalue weighted by Gasteiger charge is -2.47. The summed E-state index contributed by atoms with van der Waals surface area (Å²) >= 11 is 0. The first-order valence-electron chi connectivity index (χ1n) is 7.80. The lowest BCUT2D eigenvalue weighted by molar-refractivity contribution is -0.0282. The van der Waals surface area contributed by atoms with E-state index in [2.05, 4.69) is 31.0 Å². The SMILES string of the molecule is CCC1(CC)CN(CC2CCCCO2)C(C)CN1. The lowest BCUT2D eigenvalue weighted by Crippen LogP contribution is -2.64. The Morgan fingerprint density at radius 1 is 1.28 bits per heavy atom. The van der Waals surface area contributed by atoms with Gasteiger partial charge in [-0.15, -0.1) is 0 Å². The number of piperazine rings is 1. The minimum absolute atomic E-state index is 0.335. The predicted octanol–water partition coefficient (Wildman–Crippen LogP) is 2.41. The van der Waals surface area contributed by atoms with E-state index >= 15 is 0 Å². The van der Waals surface area contributed by atoms with Crippen LogP contribution in [0.3, 0.4) is 0 Å². The van der Waals surface area contributed by atoms with Crippen molar-refractivity contribution in [2.45, 2.75) is 70.6 Å². The van der Waals surface area contributed by atoms with Crippen LogP contribution in [0.2, 0.25) is 0 Å². The second kappa shape index (κ2) is 6.36. The van der Waals surface area contributed by atoms with E-state index in [0.29, 0.717) is 17.7 Å². The molecule has 1 N–H and O–H groups in total. The Hall–Kier alpha value is -0.120. The number of nitrogens with one attached hydrogen (secondary N) is 1. The van der Waals surface area contributed by atoms with Crippen molar-refractivity contribution in [1.82, 2.24) is 10.2 Å². The number of rotatable bonds is 4. The third-order valence-electron chi connectivity index (χ3n) is 4.97. The van der Waals surface area contributed by atoms with Crippen LogP contribution in [0.15, 0.2) is 0 Å². The van der Waals surface area contributed by atoms with E-state index in [0.717, 1.165) is 19.7 Å². The molecule has 2 unspecified atom stereocenters. The summed E-state index contributed by atoms with van der Waals surface area (Å²) in [5.74, 6) is 0. The van der Waals surface area contributed by atoms with Gasteiger partial charge in [0.25, 0.3) is 0 Å². The quantitative estimate of drug-likeness (QED) is 0.834. The molecule has 0 bridgehead atoms. The van der Waals surface area contributed by atoms with E-state index in [1.165, 1.54) is 38.6 Å². The van der Waals surface area contributed by atoms with Gasteiger partial charge < -0.3 is 10.1 Å². The van der Waals surface area contributed by atoms with E-state index in [9.17, 15) is 0 Å². The smallest absolute Gasteiger partial charge is 0.0702 e. The summed E-state index contributed by atoms with van der Waals surface area (Å²) in [6, 6.07) is 0.641. The highest BCUT2D eigenvalue weighted by Gasteiger charge is 2.35. The second-order valence-electron chi connectivity index (χ2n) is 6.14. The minimum Gasteiger partial charge on any atom is -0.377 e. The Kier molecular flexibility index (Phi) is 5.05. The highest BCUT2D eigenvalue weighted by atomic mass is 16.5. The molecule has 3 nitrogen and oxygen atoms in total. The maximum Gasteiger partial charge on any atom is 0.0702 e. The normalized spacial score (nSPS) is 33.5. The average Bonchev–Trinajstić information content (AvgIpc) is 2.43. The van der Waals surface area contributed by atoms with Crippen LogP contribution in [0, 0.1) is 0 Å². The second-order valence-corrected chi connectivity index (χ2v) is 6.14. The molecule has 0 saturated carbocycles. The van der Waals surface area contributed by atoms with Crippen LogP contribution < -0.4 is 5.32 Å². The van der Waals surface area contributed by atoms with E-state index in [1.807, 2.05) is 0 Å². The van der Waals surface area contributed by atoms with Crippen molar-refractivity contribution >= 4 is 0 Å². The molecule has 0 spiro atoms. The summed E-state index contributed by atoms with van der Waals surface area (Å²) in [6.45, 7) is 11.4. The number of hydrogen-bond donors (Lipinski definition) is 1. The largest absolute Gasteiger partial charge is 0.377 e. The fraction of sp³-hybridized carbons (Fsp3) is 1.00. The van der Waals surface area contributed by atoms with Gasteiger partial charge in [-0.05, 0) is 39.0 Å². The van der Waals surface area contributed by atoms with Crippen molar-refractivity contribution in [3.63, 3.8) is 0 Å². The molecule has 0 radical (unpaired) electrons. The highest BCUT2D eigenvalue weighted by Crippen LogP contribution is 2.24. The summed E-state index contributed by atoms with van der Waals surface area (Å²) in [5.41, 5.74) is 0.335. The zero-order chi connectivity index (χ0) is 13.0. The van der Waals surface area contributed by atoms with Gasteiger partial charge in [0.1, 0.15) is 0 Å². The summed E-state index contributed by atoms with van der Waals surface area (Å²) in [6.07, 6.45) is 6.77. The van der Waals surface area contributed by atoms with Gasteiger partial charge in [-0.25, -0.2) is 0 Å². The van der Waals surface area contributed by atoms with Gasteiger partial charge in [-0.1, -0.05) is 13.8 Å². The Bertz CT molecular complexity index is 247. The molecule has 2 aliphatic rings. The molecule has 0 amide bonds. The van der Waals surface area contributed by atoms with Gasteiger partial charge in [0.15, 0.2) is 0 Å². The highest BCUT2D eigenvalue weighted by molar-refractivity contribution is 4.96. The molecule has 0 aromatic heterocycles. The molecular formula is C15H30N2O. The number of hydrogen-bond acceptors (Lipinski definition) is 3. The molecule has 2 heterocycles. The van der Waals surface area contributed by atoms with Crippen molar-refractivity contribution in [3.05, 3.63) is 0 Å². The first-order valence-corrected chi connectivity index (χ1v) is 7.80. The van der Waals surface area contributed by atoms with Gasteiger partial charge in [0.2, 0.25) is 0 Å². The van der Waals surface area contributed by atoms with Gasteiger partial charge in [0, 0.05) is 37.8 Å². The van der Waals surface area contributed by atoms with Crippen molar-refractivity contribution in [3.8, 4) is 0 Å². The van der Waals surface area contributed by atoms with E-state index in [-0.39, 0.29) is 0 Å². The fourth-order valence-corrected chi connectivity index (χ4v) is 3.27. The Morgan fingerprint density at radius 3 is 2.67 bits per heavy atom. The molecule has 0 aliphatic carbocycles. The van der Waals surface area contributed by atoms with Gasteiger partial charge in [-0.3, -0.25) is 4.90 Å². The first kappa shape index (κ1) is 14.3. The van der Waals surface area contributed by atoms with Gasteiger partial charge in [-0.2, -0.15) is 0 Å². The third-order valence-corrected chi connectivity index (χ3v) is 4.97. The Balaban J connectivity index is 1.92. The molecule has 3 heteroatoms. The molecule has 2 saturated heterocycles. The zero-order valence-electron chi connectivity index (χ0n) is 12.4. The van der Waals surface area contributed by atoms with Crippen molar-refractivity contribution in [2.75, 3.05) is 26.2 Å². The van der Waals surface area contributed by atoms with Gasteiger partial charge >= 0.3 is 0 Å². The van der Waals surface area contributed by atoms with Gasteiger partial charge in [0.05, 0.1) is 6.10 Å². The molecule has 0 aromatic rings. The topological polar surface area (TPSA) is 24.5 Å². The zero-order valence-corrected chi connectivity index (χ0v) is 12.4.